The van der Waals surface area contributed by atoms with Crippen molar-refractivity contribution < 1.29 is 5.11 Å². The van der Waals surface area contributed by atoms with Gasteiger partial charge in [0.1, 0.15) is 5.75 Å². The van der Waals surface area contributed by atoms with E-state index < -0.39 is 0 Å². The van der Waals surface area contributed by atoms with E-state index >= 15 is 0 Å². The highest BCUT2D eigenvalue weighted by Crippen LogP contribution is 2.33. The molecule has 3 rings (SSSR count). The molecule has 1 heterocycles. The maximum Gasteiger partial charge on any atom is 0.120 e. The monoisotopic (exact) mass is 203 g/mol. The highest BCUT2D eigenvalue weighted by Gasteiger charge is 2.26. The Kier molecular flexibility index (Phi) is 2.17. The molecule has 0 unspecified atom stereocenters. The van der Waals surface area contributed by atoms with E-state index in [1.54, 1.807) is 6.07 Å². The lowest BCUT2D eigenvalue weighted by molar-refractivity contribution is 0.178. The van der Waals surface area contributed by atoms with Crippen LogP contribution in [0.4, 0.5) is 0 Å². The van der Waals surface area contributed by atoms with Crippen molar-refractivity contribution in [1.29, 1.82) is 0 Å². The van der Waals surface area contributed by atoms with E-state index in [4.69, 9.17) is 0 Å². The first-order valence-corrected chi connectivity index (χ1v) is 5.85. The molecule has 1 fully saturated rings. The molecule has 2 aliphatic rings. The summed E-state index contributed by atoms with van der Waals surface area (Å²) in [7, 11) is 0. The third-order valence-electron chi connectivity index (χ3n) is 3.77. The van der Waals surface area contributed by atoms with Crippen LogP contribution in [0.3, 0.4) is 0 Å². The summed E-state index contributed by atoms with van der Waals surface area (Å²) < 4.78 is 0. The average molecular weight is 203 g/mol. The largest absolute Gasteiger partial charge is 0.508 e. The number of aromatic hydroxyl groups is 1. The van der Waals surface area contributed by atoms with Crippen LogP contribution in [0.15, 0.2) is 18.2 Å². The van der Waals surface area contributed by atoms with Gasteiger partial charge in [0.15, 0.2) is 0 Å². The zero-order valence-corrected chi connectivity index (χ0v) is 8.95. The molecule has 15 heavy (non-hydrogen) atoms. The number of benzene rings is 1. The maximum atomic E-state index is 9.73. The Morgan fingerprint density at radius 2 is 2.13 bits per heavy atom. The lowest BCUT2D eigenvalue weighted by Gasteiger charge is -2.29. The van der Waals surface area contributed by atoms with E-state index in [0.717, 1.165) is 24.6 Å². The molecule has 1 aliphatic carbocycles. The summed E-state index contributed by atoms with van der Waals surface area (Å²) in [5, 5.41) is 9.73. The van der Waals surface area contributed by atoms with Crippen LogP contribution >= 0.6 is 0 Å². The Labute approximate surface area is 90.5 Å². The van der Waals surface area contributed by atoms with Crippen molar-refractivity contribution in [2.75, 3.05) is 6.54 Å². The summed E-state index contributed by atoms with van der Waals surface area (Å²) in [6, 6.07) is 5.88. The van der Waals surface area contributed by atoms with E-state index in [9.17, 15) is 5.11 Å². The minimum Gasteiger partial charge on any atom is -0.508 e. The molecule has 1 aliphatic heterocycles. The maximum absolute atomic E-state index is 9.73. The first-order valence-electron chi connectivity index (χ1n) is 5.85. The highest BCUT2D eigenvalue weighted by molar-refractivity contribution is 5.41. The van der Waals surface area contributed by atoms with Crippen molar-refractivity contribution >= 4 is 0 Å². The van der Waals surface area contributed by atoms with E-state index in [1.807, 2.05) is 6.07 Å². The molecule has 0 spiro atoms. The number of hydrogen-bond acceptors (Lipinski definition) is 2. The minimum atomic E-state index is 0.476. The zero-order valence-electron chi connectivity index (χ0n) is 8.95. The Balaban J connectivity index is 1.71. The lowest BCUT2D eigenvalue weighted by atomic mass is 9.85. The molecular weight excluding hydrogens is 186 g/mol. The van der Waals surface area contributed by atoms with Gasteiger partial charge < -0.3 is 5.11 Å². The summed E-state index contributed by atoms with van der Waals surface area (Å²) in [5.41, 5.74) is 2.46. The van der Waals surface area contributed by atoms with Gasteiger partial charge in [0.2, 0.25) is 0 Å². The summed E-state index contributed by atoms with van der Waals surface area (Å²) in [6.45, 7) is 3.19. The van der Waals surface area contributed by atoms with Crippen LogP contribution in [0, 0.1) is 5.92 Å². The molecule has 2 nitrogen and oxygen atoms in total. The standard InChI is InChI=1S/C13H17NO/c15-13-6-2-5-11-8-14(9-12(11)13)7-10-3-1-4-10/h2,5-6,10,15H,1,3-4,7-9H2. The summed E-state index contributed by atoms with van der Waals surface area (Å²) >= 11 is 0. The van der Waals surface area contributed by atoms with Crippen LogP contribution in [0.5, 0.6) is 5.75 Å². The van der Waals surface area contributed by atoms with Gasteiger partial charge >= 0.3 is 0 Å². The predicted molar refractivity (Wildman–Crippen MR) is 59.6 cm³/mol. The predicted octanol–water partition coefficient (Wildman–Crippen LogP) is 2.51. The van der Waals surface area contributed by atoms with E-state index in [1.165, 1.54) is 31.4 Å². The number of rotatable bonds is 2. The van der Waals surface area contributed by atoms with E-state index in [0.29, 0.717) is 5.75 Å². The van der Waals surface area contributed by atoms with Gasteiger partial charge in [-0.3, -0.25) is 4.90 Å². The second-order valence-electron chi connectivity index (χ2n) is 4.88. The molecule has 0 saturated heterocycles. The molecule has 1 N–H and O–H groups in total. The number of phenols is 1. The quantitative estimate of drug-likeness (QED) is 0.798. The fourth-order valence-electron chi connectivity index (χ4n) is 2.64. The number of nitrogens with zero attached hydrogens (tertiary/aromatic N) is 1. The Morgan fingerprint density at radius 1 is 1.27 bits per heavy atom. The SMILES string of the molecule is Oc1cccc2c1CN(CC1CCC1)C2. The third kappa shape index (κ3) is 1.63. The van der Waals surface area contributed by atoms with Crippen LogP contribution < -0.4 is 0 Å². The van der Waals surface area contributed by atoms with Crippen molar-refractivity contribution in [1.82, 2.24) is 4.90 Å². The van der Waals surface area contributed by atoms with Crippen molar-refractivity contribution in [3.05, 3.63) is 29.3 Å². The first kappa shape index (κ1) is 9.22. The van der Waals surface area contributed by atoms with E-state index in [-0.39, 0.29) is 0 Å². The van der Waals surface area contributed by atoms with Gasteiger partial charge in [-0.2, -0.15) is 0 Å². The van der Waals surface area contributed by atoms with Crippen molar-refractivity contribution in [3.63, 3.8) is 0 Å². The lowest BCUT2D eigenvalue weighted by Crippen LogP contribution is -2.28. The topological polar surface area (TPSA) is 23.5 Å². The second kappa shape index (κ2) is 3.53. The Morgan fingerprint density at radius 3 is 2.80 bits per heavy atom. The zero-order chi connectivity index (χ0) is 10.3. The number of hydrogen-bond donors (Lipinski definition) is 1. The summed E-state index contributed by atoms with van der Waals surface area (Å²) in [4.78, 5) is 2.47. The van der Waals surface area contributed by atoms with Crippen LogP contribution in [0.25, 0.3) is 0 Å². The normalized spacial score (nSPS) is 21.3. The molecule has 1 saturated carbocycles. The molecule has 0 atom stereocenters. The molecule has 2 heteroatoms. The van der Waals surface area contributed by atoms with Gasteiger partial charge in [-0.25, -0.2) is 0 Å². The van der Waals surface area contributed by atoms with Gasteiger partial charge in [-0.05, 0) is 30.4 Å². The van der Waals surface area contributed by atoms with Gasteiger partial charge in [-0.15, -0.1) is 0 Å². The molecule has 0 bridgehead atoms. The second-order valence-corrected chi connectivity index (χ2v) is 4.88. The fourth-order valence-corrected chi connectivity index (χ4v) is 2.64. The summed E-state index contributed by atoms with van der Waals surface area (Å²) in [5.74, 6) is 1.39. The van der Waals surface area contributed by atoms with Crippen LogP contribution in [-0.4, -0.2) is 16.6 Å². The first-order chi connectivity index (χ1) is 7.33. The van der Waals surface area contributed by atoms with Gasteiger partial charge in [-0.1, -0.05) is 18.6 Å². The van der Waals surface area contributed by atoms with Crippen molar-refractivity contribution in [3.8, 4) is 5.75 Å². The fraction of sp³-hybridized carbons (Fsp3) is 0.538. The third-order valence-corrected chi connectivity index (χ3v) is 3.77. The smallest absolute Gasteiger partial charge is 0.120 e. The van der Waals surface area contributed by atoms with Crippen LogP contribution in [-0.2, 0) is 13.1 Å². The molecule has 0 amide bonds. The van der Waals surface area contributed by atoms with E-state index in [2.05, 4.69) is 11.0 Å². The van der Waals surface area contributed by atoms with Crippen LogP contribution in [0.1, 0.15) is 30.4 Å². The van der Waals surface area contributed by atoms with Gasteiger partial charge in [0.05, 0.1) is 0 Å². The average Bonchev–Trinajstić information content (AvgIpc) is 2.56. The molecule has 0 radical (unpaired) electrons. The van der Waals surface area contributed by atoms with Crippen LogP contribution in [0.2, 0.25) is 0 Å². The molecule has 0 aromatic heterocycles. The van der Waals surface area contributed by atoms with Crippen molar-refractivity contribution in [2.24, 2.45) is 5.92 Å². The summed E-state index contributed by atoms with van der Waals surface area (Å²) in [6.07, 6.45) is 4.22. The Bertz CT molecular complexity index is 371. The molecule has 1 aromatic rings. The minimum absolute atomic E-state index is 0.476. The van der Waals surface area contributed by atoms with Crippen molar-refractivity contribution in [2.45, 2.75) is 32.4 Å². The molecule has 1 aromatic carbocycles. The molecule has 80 valence electrons. The van der Waals surface area contributed by atoms with Gasteiger partial charge in [0.25, 0.3) is 0 Å². The van der Waals surface area contributed by atoms with Gasteiger partial charge in [0, 0.05) is 25.2 Å². The molecular formula is C13H17NO. The Hall–Kier alpha value is -1.02. The number of fused-ring (bicyclic) bond motifs is 1. The number of phenolic OH excluding ortho intramolecular Hbond substituents is 1. The highest BCUT2D eigenvalue weighted by atomic mass is 16.3.